The molecule has 2 heteroatoms. The lowest BCUT2D eigenvalue weighted by atomic mass is 9.89. The van der Waals surface area contributed by atoms with Gasteiger partial charge in [-0.2, -0.15) is 0 Å². The molecular formula is C18H26N2. The topological polar surface area (TPSA) is 24.9 Å². The second kappa shape index (κ2) is 5.53. The number of aromatic nitrogens is 1. The average molecular weight is 270 g/mol. The first-order chi connectivity index (χ1) is 9.32. The molecule has 0 saturated heterocycles. The molecule has 2 rings (SSSR count). The minimum atomic E-state index is 0.0759. The third kappa shape index (κ3) is 3.01. The monoisotopic (exact) mass is 270 g/mol. The molecule has 0 bridgehead atoms. The molecule has 0 atom stereocenters. The molecule has 20 heavy (non-hydrogen) atoms. The van der Waals surface area contributed by atoms with Gasteiger partial charge in [-0.15, -0.1) is 0 Å². The van der Waals surface area contributed by atoms with E-state index in [1.54, 1.807) is 0 Å². The lowest BCUT2D eigenvalue weighted by Gasteiger charge is -2.21. The number of fused-ring (bicyclic) bond motifs is 1. The van der Waals surface area contributed by atoms with E-state index in [9.17, 15) is 0 Å². The Morgan fingerprint density at radius 1 is 1.10 bits per heavy atom. The number of hydrogen-bond acceptors (Lipinski definition) is 2. The van der Waals surface area contributed by atoms with E-state index in [2.05, 4.69) is 65.1 Å². The Hall–Kier alpha value is -1.41. The van der Waals surface area contributed by atoms with Crippen molar-refractivity contribution in [2.45, 2.75) is 53.5 Å². The Morgan fingerprint density at radius 2 is 1.80 bits per heavy atom. The molecule has 0 amide bonds. The van der Waals surface area contributed by atoms with Crippen LogP contribution in [-0.2, 0) is 12.0 Å². The van der Waals surface area contributed by atoms with Crippen molar-refractivity contribution < 1.29 is 0 Å². The average Bonchev–Trinajstić information content (AvgIpc) is 2.34. The zero-order valence-electron chi connectivity index (χ0n) is 13.6. The largest absolute Gasteiger partial charge is 0.313 e. The fourth-order valence-electron chi connectivity index (χ4n) is 2.54. The molecule has 0 radical (unpaired) electrons. The zero-order valence-corrected chi connectivity index (χ0v) is 13.6. The summed E-state index contributed by atoms with van der Waals surface area (Å²) in [6.07, 6.45) is 0. The van der Waals surface area contributed by atoms with Crippen LogP contribution in [0.25, 0.3) is 10.9 Å². The van der Waals surface area contributed by atoms with Crippen molar-refractivity contribution in [3.05, 3.63) is 40.6 Å². The summed E-state index contributed by atoms with van der Waals surface area (Å²) in [6.45, 7) is 15.0. The smallest absolute Gasteiger partial charge is 0.0738 e. The van der Waals surface area contributed by atoms with Crippen molar-refractivity contribution >= 4 is 10.9 Å². The highest BCUT2D eigenvalue weighted by Crippen LogP contribution is 2.28. The van der Waals surface area contributed by atoms with Gasteiger partial charge in [0.05, 0.1) is 5.52 Å². The van der Waals surface area contributed by atoms with Crippen LogP contribution in [0.1, 0.15) is 50.1 Å². The molecule has 1 heterocycles. The third-order valence-corrected chi connectivity index (χ3v) is 3.67. The summed E-state index contributed by atoms with van der Waals surface area (Å²) in [4.78, 5) is 4.93. The molecule has 0 aliphatic heterocycles. The molecule has 0 aliphatic rings. The van der Waals surface area contributed by atoms with Gasteiger partial charge in [0.25, 0.3) is 0 Å². The second-order valence-corrected chi connectivity index (χ2v) is 6.67. The Balaban J connectivity index is 2.71. The van der Waals surface area contributed by atoms with Crippen molar-refractivity contribution in [3.63, 3.8) is 0 Å². The number of benzene rings is 1. The van der Waals surface area contributed by atoms with E-state index >= 15 is 0 Å². The van der Waals surface area contributed by atoms with Crippen LogP contribution >= 0.6 is 0 Å². The SMILES string of the molecule is CCNCc1cc(C(C)(C)C)nc2c(C)cc(C)cc12. The first-order valence-corrected chi connectivity index (χ1v) is 7.45. The maximum absolute atomic E-state index is 4.93. The van der Waals surface area contributed by atoms with Gasteiger partial charge in [-0.3, -0.25) is 4.98 Å². The lowest BCUT2D eigenvalue weighted by Crippen LogP contribution is -2.17. The van der Waals surface area contributed by atoms with Crippen LogP contribution in [0.3, 0.4) is 0 Å². The van der Waals surface area contributed by atoms with Gasteiger partial charge in [0.2, 0.25) is 0 Å². The molecular weight excluding hydrogens is 244 g/mol. The second-order valence-electron chi connectivity index (χ2n) is 6.67. The molecule has 108 valence electrons. The van der Waals surface area contributed by atoms with Crippen LogP contribution in [0.2, 0.25) is 0 Å². The van der Waals surface area contributed by atoms with E-state index in [0.29, 0.717) is 0 Å². The zero-order chi connectivity index (χ0) is 14.9. The number of rotatable bonds is 3. The van der Waals surface area contributed by atoms with Crippen molar-refractivity contribution in [3.8, 4) is 0 Å². The maximum Gasteiger partial charge on any atom is 0.0738 e. The fourth-order valence-corrected chi connectivity index (χ4v) is 2.54. The molecule has 0 saturated carbocycles. The summed E-state index contributed by atoms with van der Waals surface area (Å²) >= 11 is 0. The molecule has 2 aromatic rings. The van der Waals surface area contributed by atoms with Crippen molar-refractivity contribution in [1.29, 1.82) is 0 Å². The number of nitrogens with zero attached hydrogens (tertiary/aromatic N) is 1. The molecule has 2 nitrogen and oxygen atoms in total. The predicted octanol–water partition coefficient (Wildman–Crippen LogP) is 4.26. The molecule has 0 aliphatic carbocycles. The normalized spacial score (nSPS) is 12.1. The van der Waals surface area contributed by atoms with Crippen LogP contribution in [-0.4, -0.2) is 11.5 Å². The van der Waals surface area contributed by atoms with Gasteiger partial charge in [0.15, 0.2) is 0 Å². The molecule has 1 N–H and O–H groups in total. The molecule has 1 aromatic carbocycles. The van der Waals surface area contributed by atoms with Crippen LogP contribution in [0.5, 0.6) is 0 Å². The van der Waals surface area contributed by atoms with E-state index < -0.39 is 0 Å². The van der Waals surface area contributed by atoms with Crippen LogP contribution in [0.15, 0.2) is 18.2 Å². The number of aryl methyl sites for hydroxylation is 2. The Labute approximate surface area is 122 Å². The van der Waals surface area contributed by atoms with Crippen molar-refractivity contribution in [2.24, 2.45) is 0 Å². The summed E-state index contributed by atoms with van der Waals surface area (Å²) in [7, 11) is 0. The number of nitrogens with one attached hydrogen (secondary N) is 1. The highest BCUT2D eigenvalue weighted by atomic mass is 14.8. The Kier molecular flexibility index (Phi) is 4.14. The number of pyridine rings is 1. The molecule has 1 aromatic heterocycles. The molecule has 0 unspecified atom stereocenters. The fraction of sp³-hybridized carbons (Fsp3) is 0.500. The van der Waals surface area contributed by atoms with Crippen LogP contribution in [0, 0.1) is 13.8 Å². The van der Waals surface area contributed by atoms with E-state index in [0.717, 1.165) is 18.6 Å². The number of hydrogen-bond donors (Lipinski definition) is 1. The first-order valence-electron chi connectivity index (χ1n) is 7.45. The minimum absolute atomic E-state index is 0.0759. The highest BCUT2D eigenvalue weighted by molar-refractivity contribution is 5.86. The summed E-state index contributed by atoms with van der Waals surface area (Å²) in [6, 6.07) is 6.75. The van der Waals surface area contributed by atoms with Gasteiger partial charge in [-0.1, -0.05) is 39.3 Å². The first kappa shape index (κ1) is 15.0. The van der Waals surface area contributed by atoms with E-state index in [1.165, 1.54) is 27.8 Å². The van der Waals surface area contributed by atoms with Gasteiger partial charge >= 0.3 is 0 Å². The van der Waals surface area contributed by atoms with Gasteiger partial charge in [-0.25, -0.2) is 0 Å². The van der Waals surface area contributed by atoms with Gasteiger partial charge in [-0.05, 0) is 43.7 Å². The van der Waals surface area contributed by atoms with Crippen molar-refractivity contribution in [1.82, 2.24) is 10.3 Å². The third-order valence-electron chi connectivity index (χ3n) is 3.67. The minimum Gasteiger partial charge on any atom is -0.313 e. The quantitative estimate of drug-likeness (QED) is 0.901. The Bertz CT molecular complexity index is 621. The van der Waals surface area contributed by atoms with Gasteiger partial charge < -0.3 is 5.32 Å². The summed E-state index contributed by atoms with van der Waals surface area (Å²) < 4.78 is 0. The van der Waals surface area contributed by atoms with Crippen LogP contribution < -0.4 is 5.32 Å². The van der Waals surface area contributed by atoms with Crippen LogP contribution in [0.4, 0.5) is 0 Å². The van der Waals surface area contributed by atoms with E-state index in [4.69, 9.17) is 4.98 Å². The van der Waals surface area contributed by atoms with E-state index in [-0.39, 0.29) is 5.41 Å². The molecule has 0 fully saturated rings. The Morgan fingerprint density at radius 3 is 2.40 bits per heavy atom. The lowest BCUT2D eigenvalue weighted by molar-refractivity contribution is 0.569. The van der Waals surface area contributed by atoms with Gasteiger partial charge in [0.1, 0.15) is 0 Å². The molecule has 0 spiro atoms. The summed E-state index contributed by atoms with van der Waals surface area (Å²) in [5, 5.41) is 4.73. The summed E-state index contributed by atoms with van der Waals surface area (Å²) in [5.74, 6) is 0. The maximum atomic E-state index is 4.93. The summed E-state index contributed by atoms with van der Waals surface area (Å²) in [5.41, 5.74) is 6.32. The predicted molar refractivity (Wildman–Crippen MR) is 87.3 cm³/mol. The van der Waals surface area contributed by atoms with E-state index in [1.807, 2.05) is 0 Å². The van der Waals surface area contributed by atoms with Gasteiger partial charge in [0, 0.05) is 23.0 Å². The highest BCUT2D eigenvalue weighted by Gasteiger charge is 2.18. The van der Waals surface area contributed by atoms with Crippen molar-refractivity contribution in [2.75, 3.05) is 6.54 Å². The standard InChI is InChI=1S/C18H26N2/c1-7-19-11-14-10-16(18(4,5)6)20-17-13(3)8-12(2)9-15(14)17/h8-10,19H,7,11H2,1-6H3.